The van der Waals surface area contributed by atoms with Gasteiger partial charge in [-0.2, -0.15) is 0 Å². The van der Waals surface area contributed by atoms with E-state index in [1.54, 1.807) is 0 Å². The first-order chi connectivity index (χ1) is 11.0. The minimum absolute atomic E-state index is 0.474. The van der Waals surface area contributed by atoms with Gasteiger partial charge in [0.05, 0.1) is 12.5 Å². The van der Waals surface area contributed by atoms with Gasteiger partial charge in [-0.15, -0.1) is 0 Å². The van der Waals surface area contributed by atoms with Gasteiger partial charge in [0, 0.05) is 0 Å². The van der Waals surface area contributed by atoms with Gasteiger partial charge in [-0.25, -0.2) is 0 Å². The van der Waals surface area contributed by atoms with Gasteiger partial charge in [-0.3, -0.25) is 4.79 Å². The Balaban J connectivity index is 1.91. The van der Waals surface area contributed by atoms with Crippen LogP contribution in [0, 0.1) is 20.8 Å². The van der Waals surface area contributed by atoms with Crippen LogP contribution >= 0.6 is 0 Å². The molecule has 1 unspecified atom stereocenters. The van der Waals surface area contributed by atoms with E-state index in [4.69, 9.17) is 4.74 Å². The molecule has 2 rings (SSSR count). The molecule has 0 spiro atoms. The maximum absolute atomic E-state index is 11.5. The lowest BCUT2D eigenvalue weighted by molar-refractivity contribution is -0.139. The first-order valence-electron chi connectivity index (χ1n) is 7.97. The fourth-order valence-electron chi connectivity index (χ4n) is 2.58. The number of ether oxygens (including phenoxy) is 1. The zero-order valence-electron chi connectivity index (χ0n) is 14.0. The maximum Gasteiger partial charge on any atom is 0.310 e. The van der Waals surface area contributed by atoms with Crippen molar-refractivity contribution in [3.63, 3.8) is 0 Å². The van der Waals surface area contributed by atoms with Crippen molar-refractivity contribution in [2.75, 3.05) is 6.61 Å². The first-order valence-corrected chi connectivity index (χ1v) is 7.97. The van der Waals surface area contributed by atoms with Crippen LogP contribution < -0.4 is 4.74 Å². The molecule has 0 aromatic heterocycles. The normalized spacial score (nSPS) is 12.0. The minimum atomic E-state index is -0.777. The quantitative estimate of drug-likeness (QED) is 0.758. The molecular weight excluding hydrogens is 288 g/mol. The topological polar surface area (TPSA) is 46.5 Å². The summed E-state index contributed by atoms with van der Waals surface area (Å²) in [7, 11) is 0. The Bertz CT molecular complexity index is 659. The third-order valence-electron chi connectivity index (χ3n) is 4.23. The summed E-state index contributed by atoms with van der Waals surface area (Å²) in [4.78, 5) is 11.5. The lowest BCUT2D eigenvalue weighted by Crippen LogP contribution is -2.13. The number of aryl methyl sites for hydroxylation is 2. The summed E-state index contributed by atoms with van der Waals surface area (Å²) in [6.45, 7) is 6.62. The van der Waals surface area contributed by atoms with E-state index in [2.05, 4.69) is 13.0 Å². The lowest BCUT2D eigenvalue weighted by atomic mass is 9.94. The monoisotopic (exact) mass is 312 g/mol. The SMILES string of the molecule is Cc1ccc(C(CCCOc2cccc(C)c2C)C(=O)O)cc1. The van der Waals surface area contributed by atoms with Gasteiger partial charge in [0.25, 0.3) is 0 Å². The molecule has 2 aromatic carbocycles. The van der Waals surface area contributed by atoms with E-state index in [0.717, 1.165) is 22.4 Å². The Labute approximate surface area is 137 Å². The summed E-state index contributed by atoms with van der Waals surface area (Å²) in [6, 6.07) is 13.7. The Morgan fingerprint density at radius 2 is 1.78 bits per heavy atom. The predicted octanol–water partition coefficient (Wildman–Crippen LogP) is 4.64. The second kappa shape index (κ2) is 7.82. The van der Waals surface area contributed by atoms with Gasteiger partial charge in [0.15, 0.2) is 0 Å². The van der Waals surface area contributed by atoms with Crippen molar-refractivity contribution in [2.45, 2.75) is 39.5 Å². The number of carboxylic acids is 1. The van der Waals surface area contributed by atoms with E-state index in [9.17, 15) is 9.90 Å². The van der Waals surface area contributed by atoms with Crippen LogP contribution in [0.3, 0.4) is 0 Å². The number of benzene rings is 2. The summed E-state index contributed by atoms with van der Waals surface area (Å²) >= 11 is 0. The predicted molar refractivity (Wildman–Crippen MR) is 92.2 cm³/mol. The Morgan fingerprint density at radius 1 is 1.09 bits per heavy atom. The van der Waals surface area contributed by atoms with Crippen LogP contribution in [0.25, 0.3) is 0 Å². The van der Waals surface area contributed by atoms with E-state index in [0.29, 0.717) is 19.4 Å². The minimum Gasteiger partial charge on any atom is -0.493 e. The van der Waals surface area contributed by atoms with Crippen molar-refractivity contribution in [1.82, 2.24) is 0 Å². The molecule has 0 bridgehead atoms. The smallest absolute Gasteiger partial charge is 0.310 e. The molecule has 0 aliphatic heterocycles. The van der Waals surface area contributed by atoms with Gasteiger partial charge < -0.3 is 9.84 Å². The van der Waals surface area contributed by atoms with Gasteiger partial charge in [0.1, 0.15) is 5.75 Å². The molecule has 0 saturated heterocycles. The summed E-state index contributed by atoms with van der Waals surface area (Å²) in [5.74, 6) is -0.370. The Morgan fingerprint density at radius 3 is 2.43 bits per heavy atom. The molecular formula is C20H24O3. The maximum atomic E-state index is 11.5. The lowest BCUT2D eigenvalue weighted by Gasteiger charge is -2.14. The molecule has 0 heterocycles. The summed E-state index contributed by atoms with van der Waals surface area (Å²) in [5, 5.41) is 9.45. The fourth-order valence-corrected chi connectivity index (χ4v) is 2.58. The van der Waals surface area contributed by atoms with Crippen LogP contribution in [0.5, 0.6) is 5.75 Å². The molecule has 1 atom stereocenters. The van der Waals surface area contributed by atoms with Crippen molar-refractivity contribution in [3.05, 3.63) is 64.7 Å². The molecule has 122 valence electrons. The van der Waals surface area contributed by atoms with Crippen molar-refractivity contribution >= 4 is 5.97 Å². The largest absolute Gasteiger partial charge is 0.493 e. The van der Waals surface area contributed by atoms with Gasteiger partial charge in [0.2, 0.25) is 0 Å². The van der Waals surface area contributed by atoms with Gasteiger partial charge in [-0.05, 0) is 56.4 Å². The van der Waals surface area contributed by atoms with Crippen LogP contribution in [0.2, 0.25) is 0 Å². The molecule has 0 aliphatic rings. The Hall–Kier alpha value is -2.29. The van der Waals surface area contributed by atoms with Crippen molar-refractivity contribution < 1.29 is 14.6 Å². The average Bonchev–Trinajstić information content (AvgIpc) is 2.52. The van der Waals surface area contributed by atoms with Crippen LogP contribution in [0.15, 0.2) is 42.5 Å². The highest BCUT2D eigenvalue weighted by Gasteiger charge is 2.19. The van der Waals surface area contributed by atoms with Crippen LogP contribution in [0.1, 0.15) is 41.0 Å². The number of rotatable bonds is 7. The molecule has 0 saturated carbocycles. The van der Waals surface area contributed by atoms with Crippen molar-refractivity contribution in [1.29, 1.82) is 0 Å². The summed E-state index contributed by atoms with van der Waals surface area (Å²) < 4.78 is 5.81. The zero-order valence-corrected chi connectivity index (χ0v) is 14.0. The molecule has 23 heavy (non-hydrogen) atoms. The van der Waals surface area contributed by atoms with Crippen molar-refractivity contribution in [2.24, 2.45) is 0 Å². The standard InChI is InChI=1S/C20H24O3/c1-14-9-11-17(12-10-14)18(20(21)22)7-5-13-23-19-8-4-6-15(2)16(19)3/h4,6,8-12,18H,5,7,13H2,1-3H3,(H,21,22). The number of aliphatic carboxylic acids is 1. The molecule has 0 fully saturated rings. The molecule has 0 radical (unpaired) electrons. The van der Waals surface area contributed by atoms with Gasteiger partial charge in [-0.1, -0.05) is 42.0 Å². The highest BCUT2D eigenvalue weighted by atomic mass is 16.5. The molecule has 3 nitrogen and oxygen atoms in total. The molecule has 1 N–H and O–H groups in total. The van der Waals surface area contributed by atoms with E-state index in [1.807, 2.05) is 50.2 Å². The molecule has 0 aliphatic carbocycles. The Kier molecular flexibility index (Phi) is 5.80. The average molecular weight is 312 g/mol. The second-order valence-corrected chi connectivity index (χ2v) is 5.99. The molecule has 3 heteroatoms. The van der Waals surface area contributed by atoms with E-state index in [-0.39, 0.29) is 0 Å². The summed E-state index contributed by atoms with van der Waals surface area (Å²) in [5.41, 5.74) is 4.33. The molecule has 2 aromatic rings. The second-order valence-electron chi connectivity index (χ2n) is 5.99. The van der Waals surface area contributed by atoms with Crippen molar-refractivity contribution in [3.8, 4) is 5.75 Å². The number of carbonyl (C=O) groups is 1. The number of carboxylic acid groups (broad SMARTS) is 1. The van der Waals surface area contributed by atoms with Gasteiger partial charge >= 0.3 is 5.97 Å². The fraction of sp³-hybridized carbons (Fsp3) is 0.350. The highest BCUT2D eigenvalue weighted by Crippen LogP contribution is 2.24. The number of hydrogen-bond acceptors (Lipinski definition) is 2. The molecule has 0 amide bonds. The summed E-state index contributed by atoms with van der Waals surface area (Å²) in [6.07, 6.45) is 1.28. The van der Waals surface area contributed by atoms with E-state index >= 15 is 0 Å². The van der Waals surface area contributed by atoms with E-state index in [1.165, 1.54) is 5.56 Å². The first kappa shape index (κ1) is 17.1. The third-order valence-corrected chi connectivity index (χ3v) is 4.23. The van der Waals surface area contributed by atoms with Crippen LogP contribution in [-0.4, -0.2) is 17.7 Å². The number of hydrogen-bond donors (Lipinski definition) is 1. The van der Waals surface area contributed by atoms with E-state index < -0.39 is 11.9 Å². The van der Waals surface area contributed by atoms with Crippen LogP contribution in [-0.2, 0) is 4.79 Å². The third kappa shape index (κ3) is 4.59. The zero-order chi connectivity index (χ0) is 16.8. The highest BCUT2D eigenvalue weighted by molar-refractivity contribution is 5.76. The van der Waals surface area contributed by atoms with Crippen LogP contribution in [0.4, 0.5) is 0 Å².